The van der Waals surface area contributed by atoms with E-state index in [0.717, 1.165) is 12.1 Å². The lowest BCUT2D eigenvalue weighted by Gasteiger charge is -2.04. The number of carbonyl (C=O) groups excluding carboxylic acids is 2. The Bertz CT molecular complexity index is 468. The minimum absolute atomic E-state index is 0.130. The molecule has 0 radical (unpaired) electrons. The van der Waals surface area contributed by atoms with Crippen LogP contribution in [0.1, 0.15) is 15.9 Å². The predicted molar refractivity (Wildman–Crippen MR) is 48.9 cm³/mol. The van der Waals surface area contributed by atoms with Crippen molar-refractivity contribution in [2.75, 3.05) is 0 Å². The van der Waals surface area contributed by atoms with Gasteiger partial charge in [0.1, 0.15) is 5.82 Å². The molecule has 0 bridgehead atoms. The number of benzene rings is 1. The van der Waals surface area contributed by atoms with Crippen molar-refractivity contribution in [3.05, 3.63) is 35.1 Å². The van der Waals surface area contributed by atoms with Gasteiger partial charge in [0, 0.05) is 5.56 Å². The maximum Gasteiger partial charge on any atom is 0.296 e. The maximum atomic E-state index is 12.8. The Hall–Kier alpha value is -1.65. The number of halogens is 3. The summed E-state index contributed by atoms with van der Waals surface area (Å²) < 4.78 is 37.2. The number of rotatable bonds is 2. The molecule has 0 heterocycles. The Morgan fingerprint density at radius 1 is 1.38 bits per heavy atom. The SMILES string of the molecule is O=C1c2ccc(F)cc2CC1C(=O)C(F)F. The van der Waals surface area contributed by atoms with Crippen LogP contribution in [0.25, 0.3) is 0 Å². The Morgan fingerprint density at radius 3 is 2.69 bits per heavy atom. The summed E-state index contributed by atoms with van der Waals surface area (Å²) in [6.45, 7) is 0. The first-order valence-corrected chi connectivity index (χ1v) is 4.65. The van der Waals surface area contributed by atoms with E-state index in [1.54, 1.807) is 0 Å². The van der Waals surface area contributed by atoms with Gasteiger partial charge in [-0.2, -0.15) is 0 Å². The normalized spacial score (nSPS) is 19.0. The largest absolute Gasteiger partial charge is 0.296 e. The van der Waals surface area contributed by atoms with Crippen LogP contribution < -0.4 is 0 Å². The molecule has 1 aromatic carbocycles. The van der Waals surface area contributed by atoms with Crippen LogP contribution in [-0.4, -0.2) is 18.0 Å². The summed E-state index contributed by atoms with van der Waals surface area (Å²) in [5.74, 6) is -3.92. The molecule has 0 aromatic heterocycles. The average Bonchev–Trinajstić information content (AvgIpc) is 2.54. The first-order chi connectivity index (χ1) is 7.50. The molecule has 1 aromatic rings. The van der Waals surface area contributed by atoms with Crippen molar-refractivity contribution in [2.24, 2.45) is 5.92 Å². The third kappa shape index (κ3) is 1.62. The molecule has 0 fully saturated rings. The van der Waals surface area contributed by atoms with Crippen LogP contribution in [0.2, 0.25) is 0 Å². The summed E-state index contributed by atoms with van der Waals surface area (Å²) in [6.07, 6.45) is -3.29. The van der Waals surface area contributed by atoms with Crippen molar-refractivity contribution in [1.82, 2.24) is 0 Å². The summed E-state index contributed by atoms with van der Waals surface area (Å²) >= 11 is 0. The molecule has 84 valence electrons. The molecule has 0 amide bonds. The highest BCUT2D eigenvalue weighted by molar-refractivity contribution is 6.14. The van der Waals surface area contributed by atoms with Crippen LogP contribution >= 0.6 is 0 Å². The topological polar surface area (TPSA) is 34.1 Å². The van der Waals surface area contributed by atoms with Crippen LogP contribution in [0.15, 0.2) is 18.2 Å². The molecule has 1 atom stereocenters. The third-order valence-electron chi connectivity index (χ3n) is 2.63. The molecule has 1 aliphatic carbocycles. The number of Topliss-reactive ketones (excluding diaryl/α,β-unsaturated/α-hetero) is 2. The lowest BCUT2D eigenvalue weighted by atomic mass is 10.0. The Balaban J connectivity index is 2.34. The second-order valence-corrected chi connectivity index (χ2v) is 3.63. The molecule has 16 heavy (non-hydrogen) atoms. The Morgan fingerprint density at radius 2 is 2.06 bits per heavy atom. The standard InChI is InChI=1S/C11H7F3O2/c12-6-1-2-7-5(3-6)4-8(9(7)15)10(16)11(13)14/h1-3,8,11H,4H2. The van der Waals surface area contributed by atoms with E-state index in [2.05, 4.69) is 0 Å². The maximum absolute atomic E-state index is 12.8. The molecule has 5 heteroatoms. The molecule has 2 nitrogen and oxygen atoms in total. The van der Waals surface area contributed by atoms with Gasteiger partial charge < -0.3 is 0 Å². The zero-order chi connectivity index (χ0) is 11.9. The molecule has 2 rings (SSSR count). The lowest BCUT2D eigenvalue weighted by Crippen LogP contribution is -2.26. The first-order valence-electron chi connectivity index (χ1n) is 4.65. The zero-order valence-corrected chi connectivity index (χ0v) is 8.04. The number of alkyl halides is 2. The van der Waals surface area contributed by atoms with Gasteiger partial charge in [-0.05, 0) is 30.2 Å². The molecule has 1 unspecified atom stereocenters. The molecular weight excluding hydrogens is 221 g/mol. The molecular formula is C11H7F3O2. The van der Waals surface area contributed by atoms with E-state index in [1.165, 1.54) is 6.07 Å². The fraction of sp³-hybridized carbons (Fsp3) is 0.273. The van der Waals surface area contributed by atoms with Gasteiger partial charge in [0.2, 0.25) is 5.78 Å². The van der Waals surface area contributed by atoms with Gasteiger partial charge in [0.05, 0.1) is 5.92 Å². The minimum atomic E-state index is -3.16. The van der Waals surface area contributed by atoms with Crippen LogP contribution in [0.5, 0.6) is 0 Å². The van der Waals surface area contributed by atoms with Crippen LogP contribution in [0, 0.1) is 11.7 Å². The quantitative estimate of drug-likeness (QED) is 0.725. The molecule has 1 aliphatic rings. The van der Waals surface area contributed by atoms with Gasteiger partial charge >= 0.3 is 0 Å². The average molecular weight is 228 g/mol. The second kappa shape index (κ2) is 3.73. The smallest absolute Gasteiger partial charge is 0.293 e. The predicted octanol–water partition coefficient (Wildman–Crippen LogP) is 2.01. The van der Waals surface area contributed by atoms with Gasteiger partial charge in [-0.3, -0.25) is 9.59 Å². The summed E-state index contributed by atoms with van der Waals surface area (Å²) in [7, 11) is 0. The van der Waals surface area contributed by atoms with Crippen molar-refractivity contribution in [1.29, 1.82) is 0 Å². The molecule has 0 aliphatic heterocycles. The van der Waals surface area contributed by atoms with Crippen LogP contribution in [0.3, 0.4) is 0 Å². The highest BCUT2D eigenvalue weighted by Crippen LogP contribution is 2.29. The number of hydrogen-bond donors (Lipinski definition) is 0. The second-order valence-electron chi connectivity index (χ2n) is 3.63. The summed E-state index contributed by atoms with van der Waals surface area (Å²) in [5, 5.41) is 0. The fourth-order valence-electron chi connectivity index (χ4n) is 1.85. The number of carbonyl (C=O) groups is 2. The van der Waals surface area contributed by atoms with Gasteiger partial charge in [-0.15, -0.1) is 0 Å². The van der Waals surface area contributed by atoms with E-state index in [4.69, 9.17) is 0 Å². The van der Waals surface area contributed by atoms with E-state index in [0.29, 0.717) is 5.56 Å². The molecule has 0 N–H and O–H groups in total. The van der Waals surface area contributed by atoms with Crippen molar-refractivity contribution in [3.63, 3.8) is 0 Å². The van der Waals surface area contributed by atoms with E-state index >= 15 is 0 Å². The monoisotopic (exact) mass is 228 g/mol. The van der Waals surface area contributed by atoms with Gasteiger partial charge in [-0.25, -0.2) is 13.2 Å². The van der Waals surface area contributed by atoms with E-state index in [9.17, 15) is 22.8 Å². The zero-order valence-electron chi connectivity index (χ0n) is 8.04. The molecule has 0 spiro atoms. The van der Waals surface area contributed by atoms with Crippen molar-refractivity contribution >= 4 is 11.6 Å². The van der Waals surface area contributed by atoms with Gasteiger partial charge in [0.15, 0.2) is 5.78 Å². The fourth-order valence-corrected chi connectivity index (χ4v) is 1.85. The van der Waals surface area contributed by atoms with E-state index < -0.39 is 29.7 Å². The van der Waals surface area contributed by atoms with Crippen molar-refractivity contribution in [3.8, 4) is 0 Å². The Kier molecular flexibility index (Phi) is 2.53. The lowest BCUT2D eigenvalue weighted by molar-refractivity contribution is -0.131. The highest BCUT2D eigenvalue weighted by atomic mass is 19.3. The third-order valence-corrected chi connectivity index (χ3v) is 2.63. The summed E-state index contributed by atoms with van der Waals surface area (Å²) in [4.78, 5) is 22.6. The van der Waals surface area contributed by atoms with Crippen LogP contribution in [0.4, 0.5) is 13.2 Å². The first kappa shape index (κ1) is 10.9. The number of fused-ring (bicyclic) bond motifs is 1. The van der Waals surface area contributed by atoms with Gasteiger partial charge in [-0.1, -0.05) is 0 Å². The van der Waals surface area contributed by atoms with Crippen molar-refractivity contribution < 1.29 is 22.8 Å². The van der Waals surface area contributed by atoms with Crippen molar-refractivity contribution in [2.45, 2.75) is 12.8 Å². The van der Waals surface area contributed by atoms with E-state index in [1.807, 2.05) is 0 Å². The molecule has 0 saturated heterocycles. The number of hydrogen-bond acceptors (Lipinski definition) is 2. The number of ketones is 2. The molecule has 0 saturated carbocycles. The van der Waals surface area contributed by atoms with Gasteiger partial charge in [0.25, 0.3) is 6.43 Å². The minimum Gasteiger partial charge on any atom is -0.293 e. The summed E-state index contributed by atoms with van der Waals surface area (Å²) in [6, 6.07) is 3.41. The van der Waals surface area contributed by atoms with E-state index in [-0.39, 0.29) is 12.0 Å². The summed E-state index contributed by atoms with van der Waals surface area (Å²) in [5.41, 5.74) is 0.490. The highest BCUT2D eigenvalue weighted by Gasteiger charge is 2.39. The Labute approximate surface area is 89.1 Å². The van der Waals surface area contributed by atoms with Crippen LogP contribution in [-0.2, 0) is 11.2 Å².